The Balaban J connectivity index is 1.38. The third-order valence-electron chi connectivity index (χ3n) is 5.47. The fraction of sp³-hybridized carbons (Fsp3) is 0.125. The van der Waals surface area contributed by atoms with Crippen LogP contribution in [0.2, 0.25) is 5.02 Å². The molecule has 1 atom stereocenters. The van der Waals surface area contributed by atoms with Gasteiger partial charge in [-0.05, 0) is 60.0 Å². The highest BCUT2D eigenvalue weighted by Crippen LogP contribution is 2.33. The van der Waals surface area contributed by atoms with Gasteiger partial charge in [-0.15, -0.1) is 0 Å². The number of hydrogen-bond donors (Lipinski definition) is 3. The Hall–Kier alpha value is -3.08. The molecule has 1 unspecified atom stereocenters. The normalized spacial score (nSPS) is 15.8. The van der Waals surface area contributed by atoms with Crippen molar-refractivity contribution < 1.29 is 4.79 Å². The molecule has 5 heteroatoms. The average molecular weight is 402 g/mol. The van der Waals surface area contributed by atoms with Gasteiger partial charge in [0.15, 0.2) is 0 Å². The van der Waals surface area contributed by atoms with Gasteiger partial charge in [0.1, 0.15) is 0 Å². The summed E-state index contributed by atoms with van der Waals surface area (Å²) in [6.45, 7) is 0.939. The maximum atomic E-state index is 12.4. The van der Waals surface area contributed by atoms with Gasteiger partial charge in [0.05, 0.1) is 6.04 Å². The van der Waals surface area contributed by atoms with Crippen LogP contribution >= 0.6 is 11.6 Å². The van der Waals surface area contributed by atoms with Crippen LogP contribution < -0.4 is 10.6 Å². The van der Waals surface area contributed by atoms with E-state index in [1.54, 1.807) is 24.3 Å². The number of amides is 1. The lowest BCUT2D eigenvalue weighted by Crippen LogP contribution is -2.30. The highest BCUT2D eigenvalue weighted by molar-refractivity contribution is 6.30. The summed E-state index contributed by atoms with van der Waals surface area (Å²) in [5, 5.41) is 8.47. The van der Waals surface area contributed by atoms with E-state index in [2.05, 4.69) is 52.0 Å². The first-order chi connectivity index (χ1) is 14.2. The third kappa shape index (κ3) is 3.41. The van der Waals surface area contributed by atoms with E-state index < -0.39 is 0 Å². The number of anilines is 1. The van der Waals surface area contributed by atoms with E-state index in [0.29, 0.717) is 10.6 Å². The predicted octanol–water partition coefficient (Wildman–Crippen LogP) is 5.31. The van der Waals surface area contributed by atoms with E-state index in [1.807, 2.05) is 12.1 Å². The Labute approximate surface area is 173 Å². The molecule has 3 N–H and O–H groups in total. The fourth-order valence-electron chi connectivity index (χ4n) is 4.03. The van der Waals surface area contributed by atoms with Crippen molar-refractivity contribution in [2.75, 3.05) is 11.9 Å². The number of fused-ring (bicyclic) bond motifs is 3. The molecule has 1 aliphatic rings. The van der Waals surface area contributed by atoms with E-state index in [-0.39, 0.29) is 11.9 Å². The molecule has 1 aromatic heterocycles. The molecule has 29 heavy (non-hydrogen) atoms. The smallest absolute Gasteiger partial charge is 0.255 e. The standard InChI is InChI=1S/C24H20ClN3O/c25-17-9-5-16(6-10-17)24(29)27-18-11-7-15(8-12-18)22-23-20(13-14-26-22)19-3-1-2-4-21(19)28-23/h1-12,22,26,28H,13-14H2,(H,27,29). The van der Waals surface area contributed by atoms with Gasteiger partial charge in [-0.2, -0.15) is 0 Å². The van der Waals surface area contributed by atoms with E-state index in [9.17, 15) is 4.79 Å². The molecule has 5 rings (SSSR count). The highest BCUT2D eigenvalue weighted by Gasteiger charge is 2.25. The molecule has 0 bridgehead atoms. The van der Waals surface area contributed by atoms with Gasteiger partial charge in [-0.3, -0.25) is 4.79 Å². The quantitative estimate of drug-likeness (QED) is 0.435. The Bertz CT molecular complexity index is 1180. The molecule has 3 aromatic carbocycles. The number of carbonyl (C=O) groups excluding carboxylic acids is 1. The average Bonchev–Trinajstić information content (AvgIpc) is 3.14. The van der Waals surface area contributed by atoms with Crippen molar-refractivity contribution in [3.8, 4) is 0 Å². The van der Waals surface area contributed by atoms with Gasteiger partial charge in [0.2, 0.25) is 0 Å². The minimum atomic E-state index is -0.150. The van der Waals surface area contributed by atoms with Crippen LogP contribution in [0.1, 0.15) is 33.2 Å². The van der Waals surface area contributed by atoms with Gasteiger partial charge in [0.25, 0.3) is 5.91 Å². The number of rotatable bonds is 3. The summed E-state index contributed by atoms with van der Waals surface area (Å²) in [6.07, 6.45) is 1.02. The molecule has 4 aromatic rings. The number of aromatic nitrogens is 1. The monoisotopic (exact) mass is 401 g/mol. The summed E-state index contributed by atoms with van der Waals surface area (Å²) in [5.41, 5.74) is 6.32. The van der Waals surface area contributed by atoms with Crippen LogP contribution in [-0.4, -0.2) is 17.4 Å². The van der Waals surface area contributed by atoms with Crippen molar-refractivity contribution in [2.24, 2.45) is 0 Å². The lowest BCUT2D eigenvalue weighted by atomic mass is 9.94. The molecule has 0 fully saturated rings. The molecule has 0 spiro atoms. The maximum absolute atomic E-state index is 12.4. The molecule has 1 amide bonds. The number of carbonyl (C=O) groups is 1. The van der Waals surface area contributed by atoms with Crippen molar-refractivity contribution in [3.05, 3.63) is 100 Å². The Morgan fingerprint density at radius 3 is 2.52 bits per heavy atom. The van der Waals surface area contributed by atoms with Gasteiger partial charge >= 0.3 is 0 Å². The molecule has 4 nitrogen and oxygen atoms in total. The lowest BCUT2D eigenvalue weighted by Gasteiger charge is -2.25. The fourth-order valence-corrected chi connectivity index (χ4v) is 4.15. The second-order valence-corrected chi connectivity index (χ2v) is 7.72. The van der Waals surface area contributed by atoms with Crippen LogP contribution in [0.3, 0.4) is 0 Å². The SMILES string of the molecule is O=C(Nc1ccc(C2NCCc3c2[nH]c2ccccc32)cc1)c1ccc(Cl)cc1. The van der Waals surface area contributed by atoms with Crippen LogP contribution in [0.25, 0.3) is 10.9 Å². The second-order valence-electron chi connectivity index (χ2n) is 7.28. The first-order valence-corrected chi connectivity index (χ1v) is 10.1. The molecule has 0 saturated carbocycles. The number of aromatic amines is 1. The number of hydrogen-bond acceptors (Lipinski definition) is 2. The van der Waals surface area contributed by atoms with Crippen molar-refractivity contribution in [1.29, 1.82) is 0 Å². The Kier molecular flexibility index (Phi) is 4.58. The van der Waals surface area contributed by atoms with Crippen molar-refractivity contribution in [3.63, 3.8) is 0 Å². The van der Waals surface area contributed by atoms with Gasteiger partial charge in [0, 0.05) is 39.4 Å². The predicted molar refractivity (Wildman–Crippen MR) is 118 cm³/mol. The maximum Gasteiger partial charge on any atom is 0.255 e. The first-order valence-electron chi connectivity index (χ1n) is 9.69. The highest BCUT2D eigenvalue weighted by atomic mass is 35.5. The van der Waals surface area contributed by atoms with E-state index in [4.69, 9.17) is 11.6 Å². The molecule has 144 valence electrons. The van der Waals surface area contributed by atoms with Gasteiger partial charge in [-0.1, -0.05) is 41.9 Å². The van der Waals surface area contributed by atoms with Crippen LogP contribution in [-0.2, 0) is 6.42 Å². The number of H-pyrrole nitrogens is 1. The zero-order chi connectivity index (χ0) is 19.8. The number of benzene rings is 3. The summed E-state index contributed by atoms with van der Waals surface area (Å²) in [7, 11) is 0. The molecular weight excluding hydrogens is 382 g/mol. The molecule has 0 saturated heterocycles. The van der Waals surface area contributed by atoms with Crippen LogP contribution in [0, 0.1) is 0 Å². The van der Waals surface area contributed by atoms with E-state index in [0.717, 1.165) is 18.7 Å². The number of halogens is 1. The summed E-state index contributed by atoms with van der Waals surface area (Å²) in [6, 6.07) is 23.5. The molecule has 1 aliphatic heterocycles. The zero-order valence-corrected chi connectivity index (χ0v) is 16.5. The van der Waals surface area contributed by atoms with Gasteiger partial charge in [-0.25, -0.2) is 0 Å². The summed E-state index contributed by atoms with van der Waals surface area (Å²) >= 11 is 5.89. The minimum Gasteiger partial charge on any atom is -0.357 e. The van der Waals surface area contributed by atoms with E-state index >= 15 is 0 Å². The number of para-hydroxylation sites is 1. The Morgan fingerprint density at radius 1 is 0.966 bits per heavy atom. The Morgan fingerprint density at radius 2 is 1.72 bits per heavy atom. The van der Waals surface area contributed by atoms with Crippen LogP contribution in [0.5, 0.6) is 0 Å². The summed E-state index contributed by atoms with van der Waals surface area (Å²) < 4.78 is 0. The van der Waals surface area contributed by atoms with Crippen molar-refractivity contribution in [1.82, 2.24) is 10.3 Å². The molecule has 2 heterocycles. The summed E-state index contributed by atoms with van der Waals surface area (Å²) in [5.74, 6) is -0.150. The topological polar surface area (TPSA) is 56.9 Å². The zero-order valence-electron chi connectivity index (χ0n) is 15.7. The molecule has 0 aliphatic carbocycles. The molecular formula is C24H20ClN3O. The van der Waals surface area contributed by atoms with E-state index in [1.165, 1.54) is 27.7 Å². The van der Waals surface area contributed by atoms with Crippen LogP contribution in [0.15, 0.2) is 72.8 Å². The van der Waals surface area contributed by atoms with Crippen molar-refractivity contribution >= 4 is 34.1 Å². The summed E-state index contributed by atoms with van der Waals surface area (Å²) in [4.78, 5) is 16.0. The first kappa shape index (κ1) is 18.0. The lowest BCUT2D eigenvalue weighted by molar-refractivity contribution is 0.102. The second kappa shape index (κ2) is 7.39. The number of nitrogens with one attached hydrogen (secondary N) is 3. The van der Waals surface area contributed by atoms with Crippen molar-refractivity contribution in [2.45, 2.75) is 12.5 Å². The minimum absolute atomic E-state index is 0.118. The van der Waals surface area contributed by atoms with Gasteiger partial charge < -0.3 is 15.6 Å². The van der Waals surface area contributed by atoms with Crippen LogP contribution in [0.4, 0.5) is 5.69 Å². The largest absolute Gasteiger partial charge is 0.357 e. The third-order valence-corrected chi connectivity index (χ3v) is 5.72. The molecule has 0 radical (unpaired) electrons.